The van der Waals surface area contributed by atoms with Gasteiger partial charge in [-0.25, -0.2) is 9.99 Å². The van der Waals surface area contributed by atoms with E-state index in [0.717, 1.165) is 39.1 Å². The molecule has 0 unspecified atom stereocenters. The SMILES string of the molecule is COc1ccc(C2=NN(C(C)=O)[C@@H](c3cc4ccc(C)cc4nc3Cl)C2)cc1. The van der Waals surface area contributed by atoms with E-state index < -0.39 is 0 Å². The smallest absolute Gasteiger partial charge is 0.240 e. The lowest BCUT2D eigenvalue weighted by Gasteiger charge is -2.21. The number of ether oxygens (including phenoxy) is 1. The fourth-order valence-electron chi connectivity index (χ4n) is 3.50. The Hall–Kier alpha value is -2.92. The largest absolute Gasteiger partial charge is 0.497 e. The van der Waals surface area contributed by atoms with Gasteiger partial charge in [0.1, 0.15) is 10.9 Å². The molecule has 142 valence electrons. The first-order valence-corrected chi connectivity index (χ1v) is 9.42. The molecule has 0 N–H and O–H groups in total. The second-order valence-electron chi connectivity index (χ2n) is 6.92. The van der Waals surface area contributed by atoms with Gasteiger partial charge in [-0.2, -0.15) is 5.10 Å². The zero-order valence-corrected chi connectivity index (χ0v) is 16.7. The third-order valence-corrected chi connectivity index (χ3v) is 5.27. The van der Waals surface area contributed by atoms with Crippen molar-refractivity contribution in [2.24, 2.45) is 5.10 Å². The summed E-state index contributed by atoms with van der Waals surface area (Å²) in [5.74, 6) is 0.646. The van der Waals surface area contributed by atoms with E-state index in [1.54, 1.807) is 7.11 Å². The maximum absolute atomic E-state index is 12.3. The lowest BCUT2D eigenvalue weighted by atomic mass is 9.98. The number of methoxy groups -OCH3 is 1. The van der Waals surface area contributed by atoms with Crippen molar-refractivity contribution in [2.75, 3.05) is 7.11 Å². The Kier molecular flexibility index (Phi) is 4.77. The van der Waals surface area contributed by atoms with Gasteiger partial charge in [-0.15, -0.1) is 0 Å². The summed E-state index contributed by atoms with van der Waals surface area (Å²) in [6.45, 7) is 3.53. The van der Waals surface area contributed by atoms with Crippen LogP contribution in [0.15, 0.2) is 53.6 Å². The number of benzene rings is 2. The summed E-state index contributed by atoms with van der Waals surface area (Å²) in [7, 11) is 1.63. The van der Waals surface area contributed by atoms with Crippen molar-refractivity contribution in [1.29, 1.82) is 0 Å². The Bertz CT molecular complexity index is 1090. The Balaban J connectivity index is 1.73. The van der Waals surface area contributed by atoms with Gasteiger partial charge in [0.25, 0.3) is 0 Å². The van der Waals surface area contributed by atoms with Crippen molar-refractivity contribution in [1.82, 2.24) is 9.99 Å². The molecule has 0 saturated heterocycles. The molecule has 2 aromatic carbocycles. The van der Waals surface area contributed by atoms with Crippen molar-refractivity contribution < 1.29 is 9.53 Å². The fraction of sp³-hybridized carbons (Fsp3) is 0.227. The highest BCUT2D eigenvalue weighted by atomic mass is 35.5. The van der Waals surface area contributed by atoms with E-state index in [1.807, 2.05) is 55.5 Å². The number of fused-ring (bicyclic) bond motifs is 1. The minimum absolute atomic E-state index is 0.131. The Morgan fingerprint density at radius 2 is 1.93 bits per heavy atom. The number of nitrogens with zero attached hydrogens (tertiary/aromatic N) is 3. The molecule has 1 aliphatic heterocycles. The summed E-state index contributed by atoms with van der Waals surface area (Å²) in [4.78, 5) is 16.8. The highest BCUT2D eigenvalue weighted by Gasteiger charge is 2.33. The molecule has 0 spiro atoms. The van der Waals surface area contributed by atoms with Gasteiger partial charge in [0.05, 0.1) is 24.4 Å². The van der Waals surface area contributed by atoms with Crippen LogP contribution >= 0.6 is 11.6 Å². The maximum Gasteiger partial charge on any atom is 0.240 e. The highest BCUT2D eigenvalue weighted by Crippen LogP contribution is 2.37. The number of carbonyl (C=O) groups excluding carboxylic acids is 1. The van der Waals surface area contributed by atoms with E-state index in [4.69, 9.17) is 16.3 Å². The first kappa shape index (κ1) is 18.4. The van der Waals surface area contributed by atoms with Crippen molar-refractivity contribution >= 4 is 34.1 Å². The predicted octanol–water partition coefficient (Wildman–Crippen LogP) is 4.90. The number of amides is 1. The predicted molar refractivity (Wildman–Crippen MR) is 111 cm³/mol. The van der Waals surface area contributed by atoms with Crippen LogP contribution < -0.4 is 4.74 Å². The summed E-state index contributed by atoms with van der Waals surface area (Å²) in [5, 5.41) is 7.48. The van der Waals surface area contributed by atoms with Crippen LogP contribution in [0.4, 0.5) is 0 Å². The van der Waals surface area contributed by atoms with Gasteiger partial charge in [0.2, 0.25) is 5.91 Å². The number of hydrogen-bond donors (Lipinski definition) is 0. The molecule has 4 rings (SSSR count). The van der Waals surface area contributed by atoms with Gasteiger partial charge in [-0.3, -0.25) is 4.79 Å². The molecular formula is C22H20ClN3O2. The van der Waals surface area contributed by atoms with Crippen molar-refractivity contribution in [3.8, 4) is 5.75 Å². The first-order valence-electron chi connectivity index (χ1n) is 9.05. The molecule has 3 aromatic rings. The van der Waals surface area contributed by atoms with E-state index in [1.165, 1.54) is 11.9 Å². The minimum atomic E-state index is -0.277. The third kappa shape index (κ3) is 3.34. The number of carbonyl (C=O) groups is 1. The molecule has 1 amide bonds. The molecule has 0 saturated carbocycles. The molecular weight excluding hydrogens is 374 g/mol. The lowest BCUT2D eigenvalue weighted by Crippen LogP contribution is -2.24. The highest BCUT2D eigenvalue weighted by molar-refractivity contribution is 6.30. The first-order chi connectivity index (χ1) is 13.5. The number of rotatable bonds is 3. The van der Waals surface area contributed by atoms with Crippen LogP contribution in [-0.2, 0) is 4.79 Å². The number of pyridine rings is 1. The number of halogens is 1. The van der Waals surface area contributed by atoms with Crippen LogP contribution in [-0.4, -0.2) is 28.7 Å². The summed E-state index contributed by atoms with van der Waals surface area (Å²) in [6, 6.07) is 15.5. The molecule has 0 radical (unpaired) electrons. The second-order valence-corrected chi connectivity index (χ2v) is 7.28. The maximum atomic E-state index is 12.3. The zero-order chi connectivity index (χ0) is 19.8. The van der Waals surface area contributed by atoms with Crippen LogP contribution in [0.1, 0.15) is 36.1 Å². The number of aryl methyl sites for hydroxylation is 1. The van der Waals surface area contributed by atoms with E-state index in [-0.39, 0.29) is 11.9 Å². The zero-order valence-electron chi connectivity index (χ0n) is 15.9. The van der Waals surface area contributed by atoms with Crippen LogP contribution in [0.25, 0.3) is 10.9 Å². The quantitative estimate of drug-likeness (QED) is 0.594. The summed E-state index contributed by atoms with van der Waals surface area (Å²) >= 11 is 6.52. The molecule has 2 heterocycles. The summed E-state index contributed by atoms with van der Waals surface area (Å²) in [6.07, 6.45) is 0.574. The topological polar surface area (TPSA) is 54.8 Å². The van der Waals surface area contributed by atoms with E-state index in [9.17, 15) is 4.79 Å². The van der Waals surface area contributed by atoms with E-state index in [2.05, 4.69) is 10.1 Å². The van der Waals surface area contributed by atoms with Crippen molar-refractivity contribution in [2.45, 2.75) is 26.3 Å². The Morgan fingerprint density at radius 3 is 2.61 bits per heavy atom. The van der Waals surface area contributed by atoms with Crippen LogP contribution in [0, 0.1) is 6.92 Å². The normalized spacial score (nSPS) is 16.4. The molecule has 0 aliphatic carbocycles. The summed E-state index contributed by atoms with van der Waals surface area (Å²) in [5.41, 5.74) is 4.57. The molecule has 28 heavy (non-hydrogen) atoms. The second kappa shape index (κ2) is 7.24. The monoisotopic (exact) mass is 393 g/mol. The average molecular weight is 394 g/mol. The molecule has 1 aliphatic rings. The standard InChI is InChI=1S/C22H20ClN3O2/c1-13-4-5-16-11-18(22(23)24-19(16)10-13)21-12-20(25-26(21)14(2)27)15-6-8-17(28-3)9-7-15/h4-11,21H,12H2,1-3H3/t21-/m1/s1. The Morgan fingerprint density at radius 1 is 1.18 bits per heavy atom. The van der Waals surface area contributed by atoms with Gasteiger partial charge in [-0.1, -0.05) is 23.7 Å². The Labute approximate surface area is 168 Å². The molecule has 1 aromatic heterocycles. The van der Waals surface area contributed by atoms with Crippen molar-refractivity contribution in [3.63, 3.8) is 0 Å². The fourth-order valence-corrected chi connectivity index (χ4v) is 3.78. The molecule has 1 atom stereocenters. The molecule has 0 bridgehead atoms. The number of aromatic nitrogens is 1. The van der Waals surface area contributed by atoms with Gasteiger partial charge in [0, 0.05) is 24.3 Å². The van der Waals surface area contributed by atoms with Crippen LogP contribution in [0.2, 0.25) is 5.15 Å². The van der Waals surface area contributed by atoms with Crippen molar-refractivity contribution in [3.05, 3.63) is 70.4 Å². The van der Waals surface area contributed by atoms with Crippen LogP contribution in [0.5, 0.6) is 5.75 Å². The molecule has 5 nitrogen and oxygen atoms in total. The third-order valence-electron chi connectivity index (χ3n) is 4.97. The average Bonchev–Trinajstić information content (AvgIpc) is 3.13. The number of hydrogen-bond acceptors (Lipinski definition) is 4. The van der Waals surface area contributed by atoms with E-state index in [0.29, 0.717) is 11.6 Å². The van der Waals surface area contributed by atoms with Gasteiger partial charge >= 0.3 is 0 Å². The van der Waals surface area contributed by atoms with Gasteiger partial charge in [0.15, 0.2) is 0 Å². The van der Waals surface area contributed by atoms with Crippen LogP contribution in [0.3, 0.4) is 0 Å². The van der Waals surface area contributed by atoms with Gasteiger partial charge in [-0.05, 0) is 54.4 Å². The molecule has 0 fully saturated rings. The van der Waals surface area contributed by atoms with Gasteiger partial charge < -0.3 is 4.74 Å². The van der Waals surface area contributed by atoms with E-state index >= 15 is 0 Å². The lowest BCUT2D eigenvalue weighted by molar-refractivity contribution is -0.130. The summed E-state index contributed by atoms with van der Waals surface area (Å²) < 4.78 is 5.22. The molecule has 6 heteroatoms. The minimum Gasteiger partial charge on any atom is -0.497 e. The number of hydrazone groups is 1.